The van der Waals surface area contributed by atoms with Crippen LogP contribution >= 0.6 is 22.7 Å². The summed E-state index contributed by atoms with van der Waals surface area (Å²) in [6.07, 6.45) is 7.77. The van der Waals surface area contributed by atoms with Crippen molar-refractivity contribution in [1.29, 1.82) is 0 Å². The van der Waals surface area contributed by atoms with Gasteiger partial charge in [0.1, 0.15) is 4.83 Å². The number of hydrogen-bond acceptors (Lipinski definition) is 6. The molecule has 1 aliphatic rings. The monoisotopic (exact) mass is 464 g/mol. The zero-order chi connectivity index (χ0) is 21.9. The Morgan fingerprint density at radius 3 is 2.97 bits per heavy atom. The average molecular weight is 465 g/mol. The first-order valence-corrected chi connectivity index (χ1v) is 13.2. The summed E-state index contributed by atoms with van der Waals surface area (Å²) in [4.78, 5) is 24.6. The molecule has 0 aliphatic heterocycles. The van der Waals surface area contributed by atoms with Gasteiger partial charge in [-0.2, -0.15) is 0 Å². The largest absolute Gasteiger partial charge is 0.313 e. The van der Waals surface area contributed by atoms with Crippen molar-refractivity contribution in [3.63, 3.8) is 0 Å². The van der Waals surface area contributed by atoms with E-state index >= 15 is 0 Å². The van der Waals surface area contributed by atoms with E-state index in [9.17, 15) is 4.79 Å². The van der Waals surface area contributed by atoms with E-state index in [-0.39, 0.29) is 5.56 Å². The molecule has 166 valence electrons. The normalized spacial score (nSPS) is 15.8. The zero-order valence-corrected chi connectivity index (χ0v) is 20.0. The first-order valence-electron chi connectivity index (χ1n) is 11.5. The van der Waals surface area contributed by atoms with Crippen molar-refractivity contribution in [3.8, 4) is 11.3 Å². The van der Waals surface area contributed by atoms with E-state index in [0.29, 0.717) is 6.04 Å². The lowest BCUT2D eigenvalue weighted by atomic mass is 9.93. The number of fused-ring (bicyclic) bond motifs is 3. The summed E-state index contributed by atoms with van der Waals surface area (Å²) in [6, 6.07) is 10.8. The van der Waals surface area contributed by atoms with Crippen molar-refractivity contribution in [2.45, 2.75) is 58.0 Å². The highest BCUT2D eigenvalue weighted by Gasteiger charge is 2.25. The van der Waals surface area contributed by atoms with Crippen LogP contribution in [-0.4, -0.2) is 27.1 Å². The third kappa shape index (κ3) is 4.42. The van der Waals surface area contributed by atoms with Gasteiger partial charge in [0.2, 0.25) is 0 Å². The summed E-state index contributed by atoms with van der Waals surface area (Å²) < 4.78 is 1.79. The lowest BCUT2D eigenvalue weighted by Gasteiger charge is -2.23. The fourth-order valence-electron chi connectivity index (χ4n) is 4.41. The number of rotatable bonds is 8. The standard InChI is InChI=1S/C25H28N4OS2/c1-2-3-13-29-16-27-24-23(25(29)30)19-10-9-18(14-21(19)32-24)26-12-11-22-28-20(15-31-22)17-7-5-4-6-8-17/h4-8,15-16,18,26H,2-3,9-14H2,1H3. The molecule has 0 saturated carbocycles. The Morgan fingerprint density at radius 2 is 2.12 bits per heavy atom. The van der Waals surface area contributed by atoms with E-state index in [4.69, 9.17) is 4.98 Å². The molecule has 0 amide bonds. The van der Waals surface area contributed by atoms with E-state index in [1.165, 1.54) is 21.0 Å². The molecule has 0 bridgehead atoms. The van der Waals surface area contributed by atoms with Crippen molar-refractivity contribution in [2.24, 2.45) is 0 Å². The van der Waals surface area contributed by atoms with Gasteiger partial charge in [-0.3, -0.25) is 9.36 Å². The minimum atomic E-state index is 0.144. The molecule has 1 unspecified atom stereocenters. The van der Waals surface area contributed by atoms with Crippen molar-refractivity contribution < 1.29 is 0 Å². The van der Waals surface area contributed by atoms with Crippen LogP contribution in [0.3, 0.4) is 0 Å². The van der Waals surface area contributed by atoms with Crippen molar-refractivity contribution >= 4 is 32.9 Å². The van der Waals surface area contributed by atoms with E-state index in [0.717, 1.165) is 67.5 Å². The number of benzene rings is 1. The predicted octanol–water partition coefficient (Wildman–Crippen LogP) is 5.07. The van der Waals surface area contributed by atoms with E-state index in [2.05, 4.69) is 46.9 Å². The molecule has 3 aromatic heterocycles. The van der Waals surface area contributed by atoms with Gasteiger partial charge in [0, 0.05) is 41.4 Å². The smallest absolute Gasteiger partial charge is 0.262 e. The quantitative estimate of drug-likeness (QED) is 0.395. The lowest BCUT2D eigenvalue weighted by Crippen LogP contribution is -2.35. The number of hydrogen-bond donors (Lipinski definition) is 1. The molecule has 1 atom stereocenters. The van der Waals surface area contributed by atoms with Crippen LogP contribution in [0.1, 0.15) is 41.6 Å². The second-order valence-corrected chi connectivity index (χ2v) is 10.4. The summed E-state index contributed by atoms with van der Waals surface area (Å²) >= 11 is 3.44. The minimum Gasteiger partial charge on any atom is -0.313 e. The second kappa shape index (κ2) is 9.65. The number of aryl methyl sites for hydroxylation is 2. The van der Waals surface area contributed by atoms with Crippen molar-refractivity contribution in [2.75, 3.05) is 6.54 Å². The summed E-state index contributed by atoms with van der Waals surface area (Å²) in [5.74, 6) is 0. The summed E-state index contributed by atoms with van der Waals surface area (Å²) in [6.45, 7) is 3.83. The van der Waals surface area contributed by atoms with Crippen LogP contribution in [0.15, 0.2) is 46.8 Å². The Labute approximate surface area is 196 Å². The zero-order valence-electron chi connectivity index (χ0n) is 18.3. The van der Waals surface area contributed by atoms with Gasteiger partial charge in [-0.15, -0.1) is 22.7 Å². The van der Waals surface area contributed by atoms with Crippen LogP contribution in [0.25, 0.3) is 21.5 Å². The highest BCUT2D eigenvalue weighted by atomic mass is 32.1. The number of aromatic nitrogens is 3. The fraction of sp³-hybridized carbons (Fsp3) is 0.400. The molecule has 1 N–H and O–H groups in total. The topological polar surface area (TPSA) is 59.8 Å². The van der Waals surface area contributed by atoms with Crippen LogP contribution in [0.5, 0.6) is 0 Å². The molecule has 32 heavy (non-hydrogen) atoms. The fourth-order valence-corrected chi connectivity index (χ4v) is 6.48. The van der Waals surface area contributed by atoms with Crippen molar-refractivity contribution in [1.82, 2.24) is 19.9 Å². The van der Waals surface area contributed by atoms with Gasteiger partial charge in [-0.1, -0.05) is 43.7 Å². The van der Waals surface area contributed by atoms with Crippen LogP contribution in [-0.2, 0) is 25.8 Å². The molecule has 0 radical (unpaired) electrons. The highest BCUT2D eigenvalue weighted by molar-refractivity contribution is 7.18. The SMILES string of the molecule is CCCCn1cnc2sc3c(c2c1=O)CCC(NCCc1nc(-c2ccccc2)cs1)C3. The van der Waals surface area contributed by atoms with Crippen LogP contribution in [0, 0.1) is 0 Å². The molecule has 1 aromatic carbocycles. The molecule has 3 heterocycles. The summed E-state index contributed by atoms with van der Waals surface area (Å²) in [5.41, 5.74) is 3.63. The summed E-state index contributed by atoms with van der Waals surface area (Å²) in [5, 5.41) is 7.92. The maximum absolute atomic E-state index is 13.0. The number of thiophene rings is 1. The van der Waals surface area contributed by atoms with Crippen LogP contribution < -0.4 is 10.9 Å². The molecule has 1 aliphatic carbocycles. The average Bonchev–Trinajstić information content (AvgIpc) is 3.44. The van der Waals surface area contributed by atoms with Gasteiger partial charge >= 0.3 is 0 Å². The molecule has 5 nitrogen and oxygen atoms in total. The lowest BCUT2D eigenvalue weighted by molar-refractivity contribution is 0.466. The molecule has 0 fully saturated rings. The molecule has 5 rings (SSSR count). The minimum absolute atomic E-state index is 0.144. The van der Waals surface area contributed by atoms with Gasteiger partial charge in [0.05, 0.1) is 22.4 Å². The maximum Gasteiger partial charge on any atom is 0.262 e. The van der Waals surface area contributed by atoms with Crippen molar-refractivity contribution in [3.05, 3.63) is 67.8 Å². The Kier molecular flexibility index (Phi) is 6.48. The Hall–Kier alpha value is -2.35. The van der Waals surface area contributed by atoms with Gasteiger partial charge in [0.25, 0.3) is 5.56 Å². The highest BCUT2D eigenvalue weighted by Crippen LogP contribution is 2.33. The van der Waals surface area contributed by atoms with Gasteiger partial charge < -0.3 is 5.32 Å². The van der Waals surface area contributed by atoms with E-state index in [1.807, 2.05) is 6.07 Å². The van der Waals surface area contributed by atoms with E-state index < -0.39 is 0 Å². The Morgan fingerprint density at radius 1 is 1.25 bits per heavy atom. The first kappa shape index (κ1) is 21.5. The Bertz CT molecular complexity index is 1260. The predicted molar refractivity (Wildman–Crippen MR) is 134 cm³/mol. The molecular formula is C25H28N4OS2. The summed E-state index contributed by atoms with van der Waals surface area (Å²) in [7, 11) is 0. The number of nitrogens with one attached hydrogen (secondary N) is 1. The van der Waals surface area contributed by atoms with Crippen LogP contribution in [0.2, 0.25) is 0 Å². The molecular weight excluding hydrogens is 436 g/mol. The maximum atomic E-state index is 13.0. The van der Waals surface area contributed by atoms with Gasteiger partial charge in [0.15, 0.2) is 0 Å². The van der Waals surface area contributed by atoms with Gasteiger partial charge in [-0.05, 0) is 31.2 Å². The van der Waals surface area contributed by atoms with Gasteiger partial charge in [-0.25, -0.2) is 9.97 Å². The second-order valence-electron chi connectivity index (χ2n) is 8.42. The number of thiazole rings is 1. The number of unbranched alkanes of at least 4 members (excludes halogenated alkanes) is 1. The van der Waals surface area contributed by atoms with E-state index in [1.54, 1.807) is 33.6 Å². The Balaban J connectivity index is 1.21. The third-order valence-electron chi connectivity index (χ3n) is 6.18. The third-order valence-corrected chi connectivity index (χ3v) is 8.25. The van der Waals surface area contributed by atoms with Crippen LogP contribution in [0.4, 0.5) is 0 Å². The molecule has 0 spiro atoms. The number of nitrogens with zero attached hydrogens (tertiary/aromatic N) is 3. The first-order chi connectivity index (χ1) is 15.7. The molecule has 7 heteroatoms. The molecule has 4 aromatic rings. The molecule has 0 saturated heterocycles.